The van der Waals surface area contributed by atoms with Gasteiger partial charge < -0.3 is 15.2 Å². The van der Waals surface area contributed by atoms with E-state index in [-0.39, 0.29) is 36.0 Å². The molecule has 5 nitrogen and oxygen atoms in total. The van der Waals surface area contributed by atoms with Crippen LogP contribution in [-0.2, 0) is 11.3 Å². The first-order chi connectivity index (χ1) is 14.5. The lowest BCUT2D eigenvalue weighted by Gasteiger charge is -2.34. The third-order valence-corrected chi connectivity index (χ3v) is 6.12. The summed E-state index contributed by atoms with van der Waals surface area (Å²) in [6.45, 7) is 3.36. The topological polar surface area (TPSA) is 65.2 Å². The summed E-state index contributed by atoms with van der Waals surface area (Å²) in [6.07, 6.45) is 1.56. The summed E-state index contributed by atoms with van der Waals surface area (Å²) in [4.78, 5) is 30.4. The van der Waals surface area contributed by atoms with Crippen LogP contribution in [0.5, 0.6) is 0 Å². The highest BCUT2D eigenvalue weighted by Crippen LogP contribution is 2.26. The number of hydrogen-bond donors (Lipinski definition) is 2. The average Bonchev–Trinajstić information content (AvgIpc) is 3.22. The quantitative estimate of drug-likeness (QED) is 0.668. The Morgan fingerprint density at radius 2 is 1.83 bits per heavy atom. The van der Waals surface area contributed by atoms with E-state index in [1.807, 2.05) is 42.2 Å². The van der Waals surface area contributed by atoms with Crippen LogP contribution in [0.3, 0.4) is 0 Å². The Morgan fingerprint density at radius 1 is 1.13 bits per heavy atom. The number of hydrogen-bond acceptors (Lipinski definition) is 2. The minimum Gasteiger partial charge on any atom is -0.352 e. The number of fused-ring (bicyclic) bond motifs is 1. The number of carbonyl (C=O) groups is 2. The van der Waals surface area contributed by atoms with Crippen molar-refractivity contribution in [2.45, 2.75) is 26.3 Å². The number of halogens is 1. The number of amides is 2. The molecule has 1 aliphatic heterocycles. The van der Waals surface area contributed by atoms with Gasteiger partial charge in [0.25, 0.3) is 5.91 Å². The first kappa shape index (κ1) is 20.1. The summed E-state index contributed by atoms with van der Waals surface area (Å²) >= 11 is 0. The molecule has 6 heteroatoms. The van der Waals surface area contributed by atoms with Crippen LogP contribution in [0.15, 0.2) is 54.6 Å². The van der Waals surface area contributed by atoms with Crippen LogP contribution in [0.25, 0.3) is 10.9 Å². The molecule has 0 spiro atoms. The van der Waals surface area contributed by atoms with Crippen molar-refractivity contribution in [2.75, 3.05) is 13.1 Å². The van der Waals surface area contributed by atoms with Crippen molar-refractivity contribution in [3.05, 3.63) is 71.7 Å². The van der Waals surface area contributed by atoms with Gasteiger partial charge in [-0.2, -0.15) is 0 Å². The summed E-state index contributed by atoms with van der Waals surface area (Å²) in [5.74, 6) is -0.353. The van der Waals surface area contributed by atoms with Gasteiger partial charge in [-0.25, -0.2) is 4.39 Å². The highest BCUT2D eigenvalue weighted by atomic mass is 19.1. The molecule has 2 aromatic carbocycles. The molecule has 0 unspecified atom stereocenters. The number of H-pyrrole nitrogens is 1. The molecule has 1 aliphatic rings. The Labute approximate surface area is 175 Å². The first-order valence-corrected chi connectivity index (χ1v) is 10.4. The summed E-state index contributed by atoms with van der Waals surface area (Å²) in [7, 11) is 0. The van der Waals surface area contributed by atoms with Crippen molar-refractivity contribution in [2.24, 2.45) is 11.8 Å². The molecule has 2 N–H and O–H groups in total. The maximum Gasteiger partial charge on any atom is 0.270 e. The standard InChI is InChI=1S/C24H26FN3O2/c1-16(23(29)26-15-19-7-2-4-8-20(19)25)17-10-12-28(13-11-17)24(30)22-14-18-6-3-5-9-21(18)27-22/h2-9,14,16-17,27H,10-13,15H2,1H3,(H,26,29)/t16-/m1/s1. The van der Waals surface area contributed by atoms with Gasteiger partial charge in [-0.3, -0.25) is 9.59 Å². The van der Waals surface area contributed by atoms with Gasteiger partial charge >= 0.3 is 0 Å². The Bertz CT molecular complexity index is 1020. The molecule has 30 heavy (non-hydrogen) atoms. The molecule has 156 valence electrons. The monoisotopic (exact) mass is 407 g/mol. The number of rotatable bonds is 5. The second-order valence-corrected chi connectivity index (χ2v) is 8.00. The number of nitrogens with one attached hydrogen (secondary N) is 2. The third kappa shape index (κ3) is 4.22. The zero-order valence-electron chi connectivity index (χ0n) is 17.0. The highest BCUT2D eigenvalue weighted by Gasteiger charge is 2.30. The van der Waals surface area contributed by atoms with Gasteiger partial charge in [-0.05, 0) is 37.0 Å². The Balaban J connectivity index is 1.30. The normalized spacial score (nSPS) is 15.9. The molecule has 0 radical (unpaired) electrons. The number of likely N-dealkylation sites (tertiary alicyclic amines) is 1. The average molecular weight is 407 g/mol. The number of benzene rings is 2. The number of para-hydroxylation sites is 1. The maximum atomic E-state index is 13.7. The SMILES string of the molecule is C[C@@H](C(=O)NCc1ccccc1F)C1CCN(C(=O)c2cc3ccccc3[nH]2)CC1. The van der Waals surface area contributed by atoms with Crippen LogP contribution < -0.4 is 5.32 Å². The van der Waals surface area contributed by atoms with E-state index in [1.165, 1.54) is 6.07 Å². The fourth-order valence-corrected chi connectivity index (χ4v) is 4.16. The van der Waals surface area contributed by atoms with Crippen LogP contribution in [0.2, 0.25) is 0 Å². The van der Waals surface area contributed by atoms with Crippen LogP contribution in [0, 0.1) is 17.7 Å². The fourth-order valence-electron chi connectivity index (χ4n) is 4.16. The van der Waals surface area contributed by atoms with E-state index in [4.69, 9.17) is 0 Å². The minimum absolute atomic E-state index is 0.00121. The summed E-state index contributed by atoms with van der Waals surface area (Å²) in [5.41, 5.74) is 2.04. The zero-order valence-corrected chi connectivity index (χ0v) is 17.0. The molecule has 2 amide bonds. The Hall–Kier alpha value is -3.15. The van der Waals surface area contributed by atoms with Gasteiger partial charge in [0.2, 0.25) is 5.91 Å². The van der Waals surface area contributed by atoms with Crippen molar-refractivity contribution in [3.63, 3.8) is 0 Å². The number of carbonyl (C=O) groups excluding carboxylic acids is 2. The molecule has 1 atom stereocenters. The van der Waals surface area contributed by atoms with Crippen molar-refractivity contribution in [1.82, 2.24) is 15.2 Å². The number of aromatic nitrogens is 1. The van der Waals surface area contributed by atoms with Gasteiger partial charge in [0.1, 0.15) is 11.5 Å². The van der Waals surface area contributed by atoms with E-state index < -0.39 is 0 Å². The molecule has 0 aliphatic carbocycles. The molecule has 4 rings (SSSR count). The Morgan fingerprint density at radius 3 is 2.57 bits per heavy atom. The summed E-state index contributed by atoms with van der Waals surface area (Å²) in [5, 5.41) is 3.87. The van der Waals surface area contributed by atoms with Gasteiger partial charge in [0.05, 0.1) is 0 Å². The predicted molar refractivity (Wildman–Crippen MR) is 114 cm³/mol. The number of aromatic amines is 1. The van der Waals surface area contributed by atoms with E-state index in [1.54, 1.807) is 18.2 Å². The molecule has 1 saturated heterocycles. The van der Waals surface area contributed by atoms with Crippen LogP contribution in [-0.4, -0.2) is 34.8 Å². The van der Waals surface area contributed by atoms with Crippen molar-refractivity contribution < 1.29 is 14.0 Å². The molecule has 1 fully saturated rings. The van der Waals surface area contributed by atoms with Crippen LogP contribution in [0.4, 0.5) is 4.39 Å². The smallest absolute Gasteiger partial charge is 0.270 e. The molecular weight excluding hydrogens is 381 g/mol. The predicted octanol–water partition coefficient (Wildman–Crippen LogP) is 4.11. The zero-order chi connectivity index (χ0) is 21.1. The van der Waals surface area contributed by atoms with Gasteiger partial charge in [-0.1, -0.05) is 43.3 Å². The van der Waals surface area contributed by atoms with E-state index >= 15 is 0 Å². The molecular formula is C24H26FN3O2. The van der Waals surface area contributed by atoms with Crippen molar-refractivity contribution in [1.29, 1.82) is 0 Å². The lowest BCUT2D eigenvalue weighted by Crippen LogP contribution is -2.42. The van der Waals surface area contributed by atoms with E-state index in [2.05, 4.69) is 10.3 Å². The van der Waals surface area contributed by atoms with Gasteiger partial charge in [0, 0.05) is 42.0 Å². The summed E-state index contributed by atoms with van der Waals surface area (Å²) < 4.78 is 13.7. The van der Waals surface area contributed by atoms with E-state index in [0.29, 0.717) is 24.3 Å². The van der Waals surface area contributed by atoms with Crippen LogP contribution >= 0.6 is 0 Å². The molecule has 0 saturated carbocycles. The lowest BCUT2D eigenvalue weighted by molar-refractivity contribution is -0.126. The summed E-state index contributed by atoms with van der Waals surface area (Å²) in [6, 6.07) is 16.2. The third-order valence-electron chi connectivity index (χ3n) is 6.12. The van der Waals surface area contributed by atoms with Gasteiger partial charge in [0.15, 0.2) is 0 Å². The largest absolute Gasteiger partial charge is 0.352 e. The Kier molecular flexibility index (Phi) is 5.84. The first-order valence-electron chi connectivity index (χ1n) is 10.4. The molecule has 2 heterocycles. The fraction of sp³-hybridized carbons (Fsp3) is 0.333. The van der Waals surface area contributed by atoms with Crippen LogP contribution in [0.1, 0.15) is 35.8 Å². The van der Waals surface area contributed by atoms with Gasteiger partial charge in [-0.15, -0.1) is 0 Å². The van der Waals surface area contributed by atoms with E-state index in [0.717, 1.165) is 23.7 Å². The van der Waals surface area contributed by atoms with Crippen molar-refractivity contribution >= 4 is 22.7 Å². The molecule has 1 aromatic heterocycles. The maximum absolute atomic E-state index is 13.7. The molecule has 3 aromatic rings. The second-order valence-electron chi connectivity index (χ2n) is 8.00. The lowest BCUT2D eigenvalue weighted by atomic mass is 9.84. The second kappa shape index (κ2) is 8.69. The number of piperidine rings is 1. The van der Waals surface area contributed by atoms with Crippen molar-refractivity contribution in [3.8, 4) is 0 Å². The molecule has 0 bridgehead atoms. The van der Waals surface area contributed by atoms with E-state index in [9.17, 15) is 14.0 Å². The highest BCUT2D eigenvalue weighted by molar-refractivity contribution is 5.98. The number of nitrogens with zero attached hydrogens (tertiary/aromatic N) is 1. The minimum atomic E-state index is -0.311.